The van der Waals surface area contributed by atoms with Gasteiger partial charge in [-0.1, -0.05) is 0 Å². The highest BCUT2D eigenvalue weighted by Crippen LogP contribution is 2.18. The SMILES string of the molecule is NC(=O)c1ccc(NCC2(O)CCOC2)nn1. The van der Waals surface area contributed by atoms with Crippen LogP contribution in [-0.2, 0) is 4.74 Å². The van der Waals surface area contributed by atoms with Crippen LogP contribution in [0.4, 0.5) is 5.82 Å². The number of primary amides is 1. The van der Waals surface area contributed by atoms with E-state index in [1.807, 2.05) is 0 Å². The van der Waals surface area contributed by atoms with Crippen LogP contribution in [0.5, 0.6) is 0 Å². The highest BCUT2D eigenvalue weighted by Gasteiger charge is 2.31. The van der Waals surface area contributed by atoms with E-state index < -0.39 is 11.5 Å². The average molecular weight is 238 g/mol. The van der Waals surface area contributed by atoms with Crippen molar-refractivity contribution in [3.63, 3.8) is 0 Å². The Hall–Kier alpha value is -1.73. The van der Waals surface area contributed by atoms with Gasteiger partial charge in [0.1, 0.15) is 11.4 Å². The number of anilines is 1. The van der Waals surface area contributed by atoms with Gasteiger partial charge in [-0.25, -0.2) is 0 Å². The Morgan fingerprint density at radius 3 is 2.94 bits per heavy atom. The Kier molecular flexibility index (Phi) is 3.21. The zero-order valence-corrected chi connectivity index (χ0v) is 9.22. The molecule has 1 aromatic heterocycles. The maximum absolute atomic E-state index is 10.8. The Labute approximate surface area is 98.0 Å². The minimum absolute atomic E-state index is 0.110. The molecule has 2 rings (SSSR count). The number of rotatable bonds is 4. The summed E-state index contributed by atoms with van der Waals surface area (Å²) < 4.78 is 5.11. The molecule has 0 aromatic carbocycles. The second-order valence-corrected chi connectivity index (χ2v) is 4.05. The highest BCUT2D eigenvalue weighted by molar-refractivity contribution is 5.90. The first-order valence-electron chi connectivity index (χ1n) is 5.27. The van der Waals surface area contributed by atoms with Crippen molar-refractivity contribution in [2.75, 3.05) is 25.1 Å². The first-order chi connectivity index (χ1) is 8.09. The summed E-state index contributed by atoms with van der Waals surface area (Å²) in [5.74, 6) is -0.137. The Morgan fingerprint density at radius 1 is 1.59 bits per heavy atom. The van der Waals surface area contributed by atoms with Gasteiger partial charge in [-0.05, 0) is 12.1 Å². The van der Waals surface area contributed by atoms with Gasteiger partial charge in [-0.2, -0.15) is 0 Å². The third kappa shape index (κ3) is 2.89. The van der Waals surface area contributed by atoms with Crippen LogP contribution in [0.1, 0.15) is 16.9 Å². The number of hydrogen-bond donors (Lipinski definition) is 3. The molecule has 0 bridgehead atoms. The molecule has 1 amide bonds. The van der Waals surface area contributed by atoms with Gasteiger partial charge in [0.2, 0.25) is 0 Å². The van der Waals surface area contributed by atoms with E-state index in [2.05, 4.69) is 15.5 Å². The summed E-state index contributed by atoms with van der Waals surface area (Å²) in [7, 11) is 0. The van der Waals surface area contributed by atoms with E-state index in [1.54, 1.807) is 6.07 Å². The number of ether oxygens (including phenoxy) is 1. The van der Waals surface area contributed by atoms with E-state index in [0.29, 0.717) is 32.0 Å². The molecule has 2 heterocycles. The van der Waals surface area contributed by atoms with E-state index in [9.17, 15) is 9.90 Å². The van der Waals surface area contributed by atoms with Crippen molar-refractivity contribution < 1.29 is 14.6 Å². The van der Waals surface area contributed by atoms with Gasteiger partial charge >= 0.3 is 0 Å². The minimum atomic E-state index is -0.857. The third-order valence-corrected chi connectivity index (χ3v) is 2.60. The average Bonchev–Trinajstić information content (AvgIpc) is 2.75. The van der Waals surface area contributed by atoms with Crippen molar-refractivity contribution in [3.05, 3.63) is 17.8 Å². The summed E-state index contributed by atoms with van der Waals surface area (Å²) in [5, 5.41) is 20.3. The predicted octanol–water partition coefficient (Wildman–Crippen LogP) is -0.861. The summed E-state index contributed by atoms with van der Waals surface area (Å²) in [6.45, 7) is 1.20. The van der Waals surface area contributed by atoms with Crippen LogP contribution in [0.2, 0.25) is 0 Å². The molecule has 0 radical (unpaired) electrons. The second kappa shape index (κ2) is 4.64. The van der Waals surface area contributed by atoms with Crippen LogP contribution >= 0.6 is 0 Å². The zero-order valence-electron chi connectivity index (χ0n) is 9.22. The van der Waals surface area contributed by atoms with E-state index in [1.165, 1.54) is 6.07 Å². The molecule has 4 N–H and O–H groups in total. The van der Waals surface area contributed by atoms with Gasteiger partial charge in [0.05, 0.1) is 6.61 Å². The number of aromatic nitrogens is 2. The number of carbonyl (C=O) groups is 1. The van der Waals surface area contributed by atoms with Gasteiger partial charge < -0.3 is 20.9 Å². The largest absolute Gasteiger partial charge is 0.386 e. The van der Waals surface area contributed by atoms with Gasteiger partial charge in [-0.15, -0.1) is 10.2 Å². The van der Waals surface area contributed by atoms with Crippen molar-refractivity contribution >= 4 is 11.7 Å². The van der Waals surface area contributed by atoms with E-state index in [4.69, 9.17) is 10.5 Å². The maximum atomic E-state index is 10.8. The fraction of sp³-hybridized carbons (Fsp3) is 0.500. The quantitative estimate of drug-likeness (QED) is 0.629. The number of nitrogens with zero attached hydrogens (tertiary/aromatic N) is 2. The molecule has 1 atom stereocenters. The van der Waals surface area contributed by atoms with E-state index in [0.717, 1.165) is 0 Å². The summed E-state index contributed by atoms with van der Waals surface area (Å²) in [5.41, 5.74) is 4.29. The first kappa shape index (κ1) is 11.7. The summed E-state index contributed by atoms with van der Waals surface area (Å²) in [6.07, 6.45) is 0.590. The predicted molar refractivity (Wildman–Crippen MR) is 59.4 cm³/mol. The highest BCUT2D eigenvalue weighted by atomic mass is 16.5. The number of carbonyl (C=O) groups excluding carboxylic acids is 1. The zero-order chi connectivity index (χ0) is 12.3. The van der Waals surface area contributed by atoms with Crippen LogP contribution in [0.3, 0.4) is 0 Å². The van der Waals surface area contributed by atoms with E-state index >= 15 is 0 Å². The minimum Gasteiger partial charge on any atom is -0.386 e. The molecule has 1 aliphatic heterocycles. The fourth-order valence-corrected chi connectivity index (χ4v) is 1.55. The standard InChI is InChI=1S/C10H14N4O3/c11-9(15)7-1-2-8(14-13-7)12-5-10(16)3-4-17-6-10/h1-2,16H,3-6H2,(H2,11,15)(H,12,14). The molecule has 7 heteroatoms. The molecule has 1 unspecified atom stereocenters. The van der Waals surface area contributed by atoms with Crippen molar-refractivity contribution in [1.29, 1.82) is 0 Å². The first-order valence-corrected chi connectivity index (χ1v) is 5.27. The lowest BCUT2D eigenvalue weighted by atomic mass is 10.0. The molecular weight excluding hydrogens is 224 g/mol. The lowest BCUT2D eigenvalue weighted by Gasteiger charge is -2.20. The van der Waals surface area contributed by atoms with E-state index in [-0.39, 0.29) is 5.69 Å². The van der Waals surface area contributed by atoms with Crippen LogP contribution in [0.15, 0.2) is 12.1 Å². The smallest absolute Gasteiger partial charge is 0.269 e. The number of nitrogens with one attached hydrogen (secondary N) is 1. The molecule has 0 aliphatic carbocycles. The molecule has 92 valence electrons. The van der Waals surface area contributed by atoms with Gasteiger partial charge in [-0.3, -0.25) is 4.79 Å². The molecule has 17 heavy (non-hydrogen) atoms. The van der Waals surface area contributed by atoms with Crippen LogP contribution in [-0.4, -0.2) is 46.6 Å². The van der Waals surface area contributed by atoms with Crippen molar-refractivity contribution in [1.82, 2.24) is 10.2 Å². The maximum Gasteiger partial charge on any atom is 0.269 e. The molecule has 1 aliphatic rings. The van der Waals surface area contributed by atoms with Crippen molar-refractivity contribution in [3.8, 4) is 0 Å². The number of nitrogens with two attached hydrogens (primary N) is 1. The summed E-state index contributed by atoms with van der Waals surface area (Å²) in [6, 6.07) is 3.07. The summed E-state index contributed by atoms with van der Waals surface area (Å²) in [4.78, 5) is 10.8. The van der Waals surface area contributed by atoms with Crippen LogP contribution < -0.4 is 11.1 Å². The topological polar surface area (TPSA) is 110 Å². The van der Waals surface area contributed by atoms with Crippen molar-refractivity contribution in [2.45, 2.75) is 12.0 Å². The Balaban J connectivity index is 1.93. The number of aliphatic hydroxyl groups is 1. The Bertz CT molecular complexity index is 401. The molecule has 1 fully saturated rings. The van der Waals surface area contributed by atoms with Crippen LogP contribution in [0, 0.1) is 0 Å². The van der Waals surface area contributed by atoms with Gasteiger partial charge in [0.15, 0.2) is 5.69 Å². The molecule has 7 nitrogen and oxygen atoms in total. The van der Waals surface area contributed by atoms with Crippen molar-refractivity contribution in [2.24, 2.45) is 5.73 Å². The fourth-order valence-electron chi connectivity index (χ4n) is 1.55. The normalized spacial score (nSPS) is 23.6. The number of amides is 1. The lowest BCUT2D eigenvalue weighted by molar-refractivity contribution is 0.0381. The lowest BCUT2D eigenvalue weighted by Crippen LogP contribution is -2.37. The molecule has 1 saturated heterocycles. The third-order valence-electron chi connectivity index (χ3n) is 2.60. The second-order valence-electron chi connectivity index (χ2n) is 4.05. The molecule has 0 spiro atoms. The summed E-state index contributed by atoms with van der Waals surface area (Å²) >= 11 is 0. The molecule has 0 saturated carbocycles. The Morgan fingerprint density at radius 2 is 2.41 bits per heavy atom. The van der Waals surface area contributed by atoms with Crippen LogP contribution in [0.25, 0.3) is 0 Å². The molecule has 1 aromatic rings. The monoisotopic (exact) mass is 238 g/mol. The molecular formula is C10H14N4O3. The van der Waals surface area contributed by atoms with Gasteiger partial charge in [0.25, 0.3) is 5.91 Å². The van der Waals surface area contributed by atoms with Gasteiger partial charge in [0, 0.05) is 19.6 Å². The number of hydrogen-bond acceptors (Lipinski definition) is 6.